The summed E-state index contributed by atoms with van der Waals surface area (Å²) in [5.41, 5.74) is 3.99. The molecule has 4 nitrogen and oxygen atoms in total. The Morgan fingerprint density at radius 2 is 1.58 bits per heavy atom. The van der Waals surface area contributed by atoms with Crippen LogP contribution in [-0.2, 0) is 10.0 Å². The molecule has 0 aliphatic heterocycles. The molecule has 5 heteroatoms. The lowest BCUT2D eigenvalue weighted by Crippen LogP contribution is -2.40. The van der Waals surface area contributed by atoms with Crippen molar-refractivity contribution in [3.8, 4) is 17.2 Å². The van der Waals surface area contributed by atoms with Gasteiger partial charge in [0, 0.05) is 12.0 Å². The monoisotopic (exact) mass is 368 g/mol. The van der Waals surface area contributed by atoms with Crippen LogP contribution >= 0.6 is 0 Å². The lowest BCUT2D eigenvalue weighted by molar-refractivity contribution is 0.519. The van der Waals surface area contributed by atoms with Crippen LogP contribution in [0.15, 0.2) is 48.5 Å². The van der Waals surface area contributed by atoms with E-state index in [4.69, 9.17) is 5.26 Å². The van der Waals surface area contributed by atoms with E-state index in [1.54, 1.807) is 13.8 Å². The highest BCUT2D eigenvalue weighted by molar-refractivity contribution is 7.90. The molecule has 0 bridgehead atoms. The number of hydrogen-bond acceptors (Lipinski definition) is 3. The minimum absolute atomic E-state index is 0.0248. The number of hydrogen-bond donors (Lipinski definition) is 1. The Morgan fingerprint density at radius 1 is 1.00 bits per heavy atom. The van der Waals surface area contributed by atoms with Gasteiger partial charge in [-0.1, -0.05) is 42.8 Å². The molecule has 0 radical (unpaired) electrons. The minimum Gasteiger partial charge on any atom is -0.212 e. The molecule has 0 amide bonds. The van der Waals surface area contributed by atoms with Gasteiger partial charge in [-0.15, -0.1) is 0 Å². The zero-order valence-corrected chi connectivity index (χ0v) is 16.0. The maximum Gasteiger partial charge on any atom is 0.214 e. The van der Waals surface area contributed by atoms with Gasteiger partial charge in [0.1, 0.15) is 0 Å². The van der Waals surface area contributed by atoms with E-state index < -0.39 is 15.3 Å². The molecule has 2 atom stereocenters. The normalized spacial score (nSPS) is 20.2. The van der Waals surface area contributed by atoms with Crippen molar-refractivity contribution in [2.75, 3.05) is 0 Å². The fraction of sp³-hybridized carbons (Fsp3) is 0.381. The van der Waals surface area contributed by atoms with Crippen LogP contribution in [0.1, 0.15) is 50.2 Å². The quantitative estimate of drug-likeness (QED) is 0.860. The molecule has 2 aromatic carbocycles. The molecule has 1 aliphatic rings. The van der Waals surface area contributed by atoms with Crippen LogP contribution in [0.3, 0.4) is 0 Å². The third kappa shape index (κ3) is 3.98. The van der Waals surface area contributed by atoms with E-state index in [9.17, 15) is 8.42 Å². The zero-order valence-electron chi connectivity index (χ0n) is 15.1. The second-order valence-corrected chi connectivity index (χ2v) is 9.44. The van der Waals surface area contributed by atoms with Crippen molar-refractivity contribution in [2.24, 2.45) is 0 Å². The van der Waals surface area contributed by atoms with Gasteiger partial charge in [-0.25, -0.2) is 13.1 Å². The Morgan fingerprint density at radius 3 is 2.12 bits per heavy atom. The molecule has 0 spiro atoms. The molecule has 1 aliphatic carbocycles. The van der Waals surface area contributed by atoms with Crippen molar-refractivity contribution < 1.29 is 8.42 Å². The van der Waals surface area contributed by atoms with Crippen LogP contribution in [0.2, 0.25) is 0 Å². The summed E-state index contributed by atoms with van der Waals surface area (Å²) in [6.07, 6.45) is 2.92. The highest BCUT2D eigenvalue weighted by Crippen LogP contribution is 2.36. The highest BCUT2D eigenvalue weighted by atomic mass is 32.2. The largest absolute Gasteiger partial charge is 0.214 e. The first kappa shape index (κ1) is 18.6. The molecule has 26 heavy (non-hydrogen) atoms. The maximum absolute atomic E-state index is 12.2. The predicted octanol–water partition coefficient (Wildman–Crippen LogP) is 4.19. The Kier molecular flexibility index (Phi) is 5.45. The molecular formula is C21H24N2O2S. The predicted molar refractivity (Wildman–Crippen MR) is 104 cm³/mol. The van der Waals surface area contributed by atoms with Crippen LogP contribution in [0.5, 0.6) is 0 Å². The molecule has 2 unspecified atom stereocenters. The summed E-state index contributed by atoms with van der Waals surface area (Å²) < 4.78 is 27.3. The van der Waals surface area contributed by atoms with Crippen LogP contribution in [0.25, 0.3) is 11.1 Å². The lowest BCUT2D eigenvalue weighted by atomic mass is 9.92. The van der Waals surface area contributed by atoms with Crippen LogP contribution in [-0.4, -0.2) is 19.7 Å². The first-order valence-corrected chi connectivity index (χ1v) is 10.6. The molecule has 1 saturated carbocycles. The Labute approximate surface area is 155 Å². The molecule has 2 aromatic rings. The van der Waals surface area contributed by atoms with Crippen LogP contribution in [0.4, 0.5) is 0 Å². The highest BCUT2D eigenvalue weighted by Gasteiger charge is 2.32. The second-order valence-electron chi connectivity index (χ2n) is 7.17. The van der Waals surface area contributed by atoms with Gasteiger partial charge in [0.2, 0.25) is 10.0 Å². The third-order valence-electron chi connectivity index (χ3n) is 5.14. The standard InChI is InChI=1S/C21H24N2O2S/c1-15(2)26(24,25)23-21-5-3-4-20(21)19-12-10-18(11-13-19)17-8-6-16(14-22)7-9-17/h6-13,15,20-21,23H,3-5H2,1-2H3. The lowest BCUT2D eigenvalue weighted by Gasteiger charge is -2.22. The summed E-state index contributed by atoms with van der Waals surface area (Å²) in [4.78, 5) is 0. The molecular weight excluding hydrogens is 344 g/mol. The van der Waals surface area contributed by atoms with Gasteiger partial charge in [-0.3, -0.25) is 0 Å². The average Bonchev–Trinajstić information content (AvgIpc) is 3.09. The Balaban J connectivity index is 1.78. The summed E-state index contributed by atoms with van der Waals surface area (Å²) in [6, 6.07) is 18.0. The van der Waals surface area contributed by atoms with Crippen molar-refractivity contribution >= 4 is 10.0 Å². The number of nitrogens with one attached hydrogen (secondary N) is 1. The minimum atomic E-state index is -3.26. The van der Waals surface area contributed by atoms with Crippen molar-refractivity contribution in [2.45, 2.75) is 50.3 Å². The first-order valence-electron chi connectivity index (χ1n) is 9.02. The van der Waals surface area contributed by atoms with Crippen LogP contribution in [0, 0.1) is 11.3 Å². The molecule has 136 valence electrons. The Hall–Kier alpha value is -2.16. The average molecular weight is 369 g/mol. The fourth-order valence-corrected chi connectivity index (χ4v) is 4.48. The van der Waals surface area contributed by atoms with E-state index >= 15 is 0 Å². The van der Waals surface area contributed by atoms with Crippen LogP contribution < -0.4 is 4.72 Å². The van der Waals surface area contributed by atoms with Gasteiger partial charge in [0.15, 0.2) is 0 Å². The van der Waals surface area contributed by atoms with Crippen molar-refractivity contribution in [3.05, 3.63) is 59.7 Å². The second kappa shape index (κ2) is 7.61. The van der Waals surface area contributed by atoms with Gasteiger partial charge >= 0.3 is 0 Å². The van der Waals surface area contributed by atoms with E-state index in [-0.39, 0.29) is 12.0 Å². The summed E-state index contributed by atoms with van der Waals surface area (Å²) in [5.74, 6) is 0.221. The molecule has 1 N–H and O–H groups in total. The summed E-state index contributed by atoms with van der Waals surface area (Å²) >= 11 is 0. The third-order valence-corrected chi connectivity index (χ3v) is 7.01. The zero-order chi connectivity index (χ0) is 18.7. The van der Waals surface area contributed by atoms with Crippen molar-refractivity contribution in [1.29, 1.82) is 5.26 Å². The van der Waals surface area contributed by atoms with Crippen molar-refractivity contribution in [3.63, 3.8) is 0 Å². The molecule has 0 saturated heterocycles. The number of nitriles is 1. The molecule has 0 heterocycles. The van der Waals surface area contributed by atoms with Gasteiger partial charge in [-0.2, -0.15) is 5.26 Å². The molecule has 3 rings (SSSR count). The maximum atomic E-state index is 12.2. The van der Waals surface area contributed by atoms with Gasteiger partial charge in [0.05, 0.1) is 16.9 Å². The summed E-state index contributed by atoms with van der Waals surface area (Å²) in [7, 11) is -3.26. The van der Waals surface area contributed by atoms with E-state index in [1.165, 1.54) is 5.56 Å². The van der Waals surface area contributed by atoms with Gasteiger partial charge in [0.25, 0.3) is 0 Å². The van der Waals surface area contributed by atoms with E-state index in [2.05, 4.69) is 35.1 Å². The summed E-state index contributed by atoms with van der Waals surface area (Å²) in [6.45, 7) is 3.41. The smallest absolute Gasteiger partial charge is 0.212 e. The number of sulfonamides is 1. The fourth-order valence-electron chi connectivity index (χ4n) is 3.51. The number of benzene rings is 2. The van der Waals surface area contributed by atoms with Crippen molar-refractivity contribution in [1.82, 2.24) is 4.72 Å². The topological polar surface area (TPSA) is 70.0 Å². The van der Waals surface area contributed by atoms with E-state index in [0.29, 0.717) is 5.56 Å². The number of rotatable bonds is 5. The molecule has 0 aromatic heterocycles. The van der Waals surface area contributed by atoms with E-state index in [1.807, 2.05) is 24.3 Å². The first-order chi connectivity index (χ1) is 12.4. The molecule has 1 fully saturated rings. The Bertz CT molecular complexity index is 895. The number of nitrogens with zero attached hydrogens (tertiary/aromatic N) is 1. The van der Waals surface area contributed by atoms with E-state index in [0.717, 1.165) is 30.4 Å². The SMILES string of the molecule is CC(C)S(=O)(=O)NC1CCCC1c1ccc(-c2ccc(C#N)cc2)cc1. The summed E-state index contributed by atoms with van der Waals surface area (Å²) in [5, 5.41) is 8.48. The van der Waals surface area contributed by atoms with Gasteiger partial charge < -0.3 is 0 Å². The van der Waals surface area contributed by atoms with Gasteiger partial charge in [-0.05, 0) is 55.5 Å².